The van der Waals surface area contributed by atoms with Gasteiger partial charge in [0.15, 0.2) is 0 Å². The molecule has 0 radical (unpaired) electrons. The molecule has 0 aliphatic heterocycles. The Labute approximate surface area is 222 Å². The van der Waals surface area contributed by atoms with Gasteiger partial charge in [0.05, 0.1) is 24.9 Å². The topological polar surface area (TPSA) is 84.0 Å². The van der Waals surface area contributed by atoms with Crippen LogP contribution in [0.5, 0.6) is 0 Å². The maximum absolute atomic E-state index is 10.1. The number of rotatable bonds is 12. The van der Waals surface area contributed by atoms with Gasteiger partial charge in [-0.25, -0.2) is 4.68 Å². The Hall–Kier alpha value is -3.23. The van der Waals surface area contributed by atoms with Gasteiger partial charge in [0.1, 0.15) is 11.8 Å². The number of nitrogens with zero attached hydrogens (tertiary/aromatic N) is 4. The van der Waals surface area contributed by atoms with Crippen molar-refractivity contribution in [2.75, 3.05) is 6.61 Å². The van der Waals surface area contributed by atoms with Crippen LogP contribution in [0.2, 0.25) is 11.1 Å². The minimum absolute atomic E-state index is 0.0423. The molecule has 0 unspecified atom stereocenters. The summed E-state index contributed by atoms with van der Waals surface area (Å²) in [5, 5.41) is 28.0. The van der Waals surface area contributed by atoms with Crippen molar-refractivity contribution in [2.24, 2.45) is 0 Å². The van der Waals surface area contributed by atoms with Crippen LogP contribution in [-0.4, -0.2) is 35.0 Å². The highest BCUT2D eigenvalue weighted by molar-refractivity contribution is 6.84. The Balaban J connectivity index is 1.97. The lowest BCUT2D eigenvalue weighted by atomic mass is 10.1. The molecule has 6 nitrogen and oxygen atoms in total. The Morgan fingerprint density at radius 1 is 0.973 bits per heavy atom. The lowest BCUT2D eigenvalue weighted by Gasteiger charge is -2.37. The molecular weight excluding hydrogens is 476 g/mol. The molecule has 3 rings (SSSR count). The van der Waals surface area contributed by atoms with E-state index >= 15 is 0 Å². The molecule has 1 heterocycles. The molecule has 1 N–H and O–H groups in total. The van der Waals surface area contributed by atoms with E-state index in [1.54, 1.807) is 4.68 Å². The third-order valence-corrected chi connectivity index (χ3v) is 11.3. The van der Waals surface area contributed by atoms with Gasteiger partial charge in [0.25, 0.3) is 8.32 Å². The highest BCUT2D eigenvalue weighted by Crippen LogP contribution is 2.39. The molecule has 0 bridgehead atoms. The van der Waals surface area contributed by atoms with E-state index in [4.69, 9.17) is 9.69 Å². The number of hydrogen-bond donors (Lipinski definition) is 1. The lowest BCUT2D eigenvalue weighted by Crippen LogP contribution is -2.45. The van der Waals surface area contributed by atoms with Crippen LogP contribution in [-0.2, 0) is 10.8 Å². The monoisotopic (exact) mass is 514 g/mol. The minimum Gasteiger partial charge on any atom is -0.394 e. The smallest absolute Gasteiger partial charge is 0.278 e. The summed E-state index contributed by atoms with van der Waals surface area (Å²) >= 11 is 0. The highest BCUT2D eigenvalue weighted by atomic mass is 28.4. The van der Waals surface area contributed by atoms with E-state index in [0.29, 0.717) is 25.0 Å². The average molecular weight is 515 g/mol. The molecule has 37 heavy (non-hydrogen) atoms. The summed E-state index contributed by atoms with van der Waals surface area (Å²) in [7, 11) is -2.60. The first kappa shape index (κ1) is 28.3. The van der Waals surface area contributed by atoms with Crippen LogP contribution in [0.1, 0.15) is 75.9 Å². The van der Waals surface area contributed by atoms with Gasteiger partial charge in [-0.15, -0.1) is 11.0 Å². The van der Waals surface area contributed by atoms with E-state index in [1.165, 1.54) is 0 Å². The molecule has 0 saturated heterocycles. The summed E-state index contributed by atoms with van der Waals surface area (Å²) in [6, 6.07) is 22.2. The summed E-state index contributed by atoms with van der Waals surface area (Å²) in [6.45, 7) is 8.72. The van der Waals surface area contributed by atoms with Crippen LogP contribution in [0.15, 0.2) is 66.9 Å². The molecule has 7 heteroatoms. The minimum atomic E-state index is -2.60. The Kier molecular flexibility index (Phi) is 10.6. The second kappa shape index (κ2) is 13.9. The third-order valence-electron chi connectivity index (χ3n) is 6.70. The Morgan fingerprint density at radius 3 is 2.22 bits per heavy atom. The Bertz CT molecular complexity index is 1180. The lowest BCUT2D eigenvalue weighted by molar-refractivity contribution is 0.215. The number of nitriles is 1. The van der Waals surface area contributed by atoms with Gasteiger partial charge in [0, 0.05) is 12.8 Å². The summed E-state index contributed by atoms with van der Waals surface area (Å²) in [6.07, 6.45) is 4.11. The first-order valence-corrected chi connectivity index (χ1v) is 15.1. The van der Waals surface area contributed by atoms with Gasteiger partial charge >= 0.3 is 0 Å². The van der Waals surface area contributed by atoms with Gasteiger partial charge < -0.3 is 9.53 Å². The fourth-order valence-electron chi connectivity index (χ4n) is 4.55. The molecule has 0 amide bonds. The van der Waals surface area contributed by atoms with Gasteiger partial charge in [-0.05, 0) is 35.1 Å². The standard InChI is InChI=1S/C30H38N4O2Si/c1-24(2)37(25(3)4,20-14-6-5-13-19-31)36-30(27-17-11-8-12-18-27)29-22-34(33-32-29)28(23-35)21-26-15-9-7-10-16-26/h7-12,15-18,22,24-25,28,30,35H,5-6,13,21,23H2,1-4H3/t28-,30+/m0/s1. The average Bonchev–Trinajstić information content (AvgIpc) is 3.39. The molecule has 3 aromatic rings. The second-order valence-electron chi connectivity index (χ2n) is 9.97. The van der Waals surface area contributed by atoms with Crippen molar-refractivity contribution < 1.29 is 9.53 Å². The maximum atomic E-state index is 10.1. The van der Waals surface area contributed by atoms with E-state index in [9.17, 15) is 5.11 Å². The Morgan fingerprint density at radius 2 is 1.62 bits per heavy atom. The SMILES string of the molecule is CC(C)[Si](C#CCCCC#N)(O[C@H](c1ccccc1)c1cn([C@H](CO)Cc2ccccc2)nn1)C(C)C. The molecule has 2 aromatic carbocycles. The van der Waals surface area contributed by atoms with Crippen LogP contribution >= 0.6 is 0 Å². The molecule has 194 valence electrons. The van der Waals surface area contributed by atoms with Gasteiger partial charge in [-0.3, -0.25) is 0 Å². The van der Waals surface area contributed by atoms with E-state index in [-0.39, 0.29) is 23.7 Å². The molecule has 0 spiro atoms. The van der Waals surface area contributed by atoms with Crippen molar-refractivity contribution in [1.29, 1.82) is 5.26 Å². The van der Waals surface area contributed by atoms with Crippen LogP contribution in [0.4, 0.5) is 0 Å². The van der Waals surface area contributed by atoms with E-state index in [2.05, 4.69) is 79.8 Å². The van der Waals surface area contributed by atoms with Crippen molar-refractivity contribution in [1.82, 2.24) is 15.0 Å². The van der Waals surface area contributed by atoms with Crippen molar-refractivity contribution >= 4 is 8.32 Å². The molecule has 0 aliphatic rings. The van der Waals surface area contributed by atoms with Crippen LogP contribution in [0, 0.1) is 22.8 Å². The number of unbranched alkanes of at least 4 members (excludes halogenated alkanes) is 2. The predicted octanol–water partition coefficient (Wildman–Crippen LogP) is 6.16. The first-order valence-electron chi connectivity index (χ1n) is 13.1. The normalized spacial score (nSPS) is 13.1. The zero-order valence-corrected chi connectivity index (χ0v) is 23.3. The van der Waals surface area contributed by atoms with E-state index in [0.717, 1.165) is 17.5 Å². The van der Waals surface area contributed by atoms with Gasteiger partial charge in [0.2, 0.25) is 0 Å². The maximum Gasteiger partial charge on any atom is 0.278 e. The van der Waals surface area contributed by atoms with Crippen molar-refractivity contribution in [2.45, 2.75) is 76.6 Å². The molecule has 1 aromatic heterocycles. The second-order valence-corrected chi connectivity index (χ2v) is 14.4. The highest BCUT2D eigenvalue weighted by Gasteiger charge is 2.44. The van der Waals surface area contributed by atoms with Gasteiger partial charge in [-0.1, -0.05) is 99.1 Å². The number of aliphatic hydroxyl groups is 1. The molecule has 0 saturated carbocycles. The van der Waals surface area contributed by atoms with Crippen molar-refractivity contribution in [3.63, 3.8) is 0 Å². The quantitative estimate of drug-likeness (QED) is 0.178. The summed E-state index contributed by atoms with van der Waals surface area (Å²) < 4.78 is 8.86. The molecule has 0 aliphatic carbocycles. The molecule has 2 atom stereocenters. The number of aromatic nitrogens is 3. The van der Waals surface area contributed by atoms with Gasteiger partial charge in [-0.2, -0.15) is 5.26 Å². The zero-order valence-electron chi connectivity index (χ0n) is 22.3. The number of benzene rings is 2. The number of aliphatic hydroxyl groups excluding tert-OH is 1. The summed E-state index contributed by atoms with van der Waals surface area (Å²) in [5.74, 6) is 3.35. The summed E-state index contributed by atoms with van der Waals surface area (Å²) in [4.78, 5) is 0. The van der Waals surface area contributed by atoms with Crippen molar-refractivity contribution in [3.05, 3.63) is 83.7 Å². The predicted molar refractivity (Wildman–Crippen MR) is 149 cm³/mol. The molecular formula is C30H38N4O2Si. The third kappa shape index (κ3) is 7.39. The fraction of sp³-hybridized carbons (Fsp3) is 0.433. The first-order chi connectivity index (χ1) is 17.9. The van der Waals surface area contributed by atoms with Crippen molar-refractivity contribution in [3.8, 4) is 17.5 Å². The zero-order chi connectivity index (χ0) is 26.7. The van der Waals surface area contributed by atoms with Crippen LogP contribution in [0.3, 0.4) is 0 Å². The fourth-order valence-corrected chi connectivity index (χ4v) is 8.11. The van der Waals surface area contributed by atoms with Crippen LogP contribution < -0.4 is 0 Å². The largest absolute Gasteiger partial charge is 0.394 e. The van der Waals surface area contributed by atoms with E-state index in [1.807, 2.05) is 42.6 Å². The van der Waals surface area contributed by atoms with Crippen LogP contribution in [0.25, 0.3) is 0 Å². The molecule has 0 fully saturated rings. The number of hydrogen-bond acceptors (Lipinski definition) is 5. The summed E-state index contributed by atoms with van der Waals surface area (Å²) in [5.41, 5.74) is 6.94. The van der Waals surface area contributed by atoms with E-state index < -0.39 is 14.4 Å².